The molecule has 3 nitrogen and oxygen atoms in total. The van der Waals surface area contributed by atoms with Crippen LogP contribution in [0.5, 0.6) is 0 Å². The van der Waals surface area contributed by atoms with Crippen LogP contribution in [0.4, 0.5) is 5.13 Å². The van der Waals surface area contributed by atoms with Gasteiger partial charge in [-0.25, -0.2) is 4.98 Å². The highest BCUT2D eigenvalue weighted by atomic mass is 35.5. The van der Waals surface area contributed by atoms with E-state index in [9.17, 15) is 4.79 Å². The van der Waals surface area contributed by atoms with Crippen LogP contribution in [0.25, 0.3) is 22.0 Å². The van der Waals surface area contributed by atoms with Gasteiger partial charge in [-0.1, -0.05) is 36.4 Å². The van der Waals surface area contributed by atoms with E-state index in [0.29, 0.717) is 5.13 Å². The number of thiazole rings is 1. The molecule has 0 unspecified atom stereocenters. The lowest BCUT2D eigenvalue weighted by Crippen LogP contribution is -2.12. The third-order valence-corrected chi connectivity index (χ3v) is 3.92. The monoisotopic (exact) mass is 302 g/mol. The van der Waals surface area contributed by atoms with Gasteiger partial charge in [0, 0.05) is 10.9 Å². The number of carbonyl (C=O) groups excluding carboxylic acids is 1. The van der Waals surface area contributed by atoms with Crippen LogP contribution < -0.4 is 5.32 Å². The fourth-order valence-corrected chi connectivity index (χ4v) is 2.77. The lowest BCUT2D eigenvalue weighted by molar-refractivity contribution is -0.113. The number of nitrogens with one attached hydrogen (secondary N) is 1. The normalized spacial score (nSPS) is 10.7. The van der Waals surface area contributed by atoms with Gasteiger partial charge in [0.1, 0.15) is 5.88 Å². The molecule has 100 valence electrons. The largest absolute Gasteiger partial charge is 0.301 e. The minimum absolute atomic E-state index is 0.0646. The number of alkyl halides is 1. The van der Waals surface area contributed by atoms with E-state index in [4.69, 9.17) is 11.6 Å². The van der Waals surface area contributed by atoms with E-state index in [0.717, 1.165) is 11.3 Å². The minimum Gasteiger partial charge on any atom is -0.301 e. The molecule has 0 radical (unpaired) electrons. The van der Waals surface area contributed by atoms with Crippen LogP contribution in [0, 0.1) is 0 Å². The van der Waals surface area contributed by atoms with E-state index < -0.39 is 0 Å². The predicted octanol–water partition coefficient (Wildman–Crippen LogP) is 4.14. The van der Waals surface area contributed by atoms with Gasteiger partial charge in [-0.3, -0.25) is 4.79 Å². The van der Waals surface area contributed by atoms with Crippen LogP contribution in [0.1, 0.15) is 0 Å². The summed E-state index contributed by atoms with van der Waals surface area (Å²) in [6.45, 7) is 0. The van der Waals surface area contributed by atoms with Crippen molar-refractivity contribution in [2.45, 2.75) is 0 Å². The smallest absolute Gasteiger partial charge is 0.241 e. The molecule has 1 amide bonds. The molecule has 1 heterocycles. The maximum absolute atomic E-state index is 11.2. The maximum Gasteiger partial charge on any atom is 0.241 e. The van der Waals surface area contributed by atoms with E-state index in [1.807, 2.05) is 23.6 Å². The summed E-state index contributed by atoms with van der Waals surface area (Å²) >= 11 is 6.85. The van der Waals surface area contributed by atoms with Crippen molar-refractivity contribution in [2.75, 3.05) is 11.2 Å². The lowest BCUT2D eigenvalue weighted by Gasteiger charge is -2.01. The SMILES string of the molecule is O=C(CCl)Nc1nc(-c2ccc3ccccc3c2)cs1. The first kappa shape index (κ1) is 13.1. The van der Waals surface area contributed by atoms with E-state index in [2.05, 4.69) is 34.6 Å². The summed E-state index contributed by atoms with van der Waals surface area (Å²) in [6.07, 6.45) is 0. The minimum atomic E-state index is -0.244. The van der Waals surface area contributed by atoms with Crippen molar-refractivity contribution >= 4 is 44.7 Å². The zero-order valence-corrected chi connectivity index (χ0v) is 12.0. The molecule has 0 aliphatic heterocycles. The number of aromatic nitrogens is 1. The second-order valence-corrected chi connectivity index (χ2v) is 5.41. The standard InChI is InChI=1S/C15H11ClN2OS/c16-8-14(19)18-15-17-13(9-20-15)12-6-5-10-3-1-2-4-11(10)7-12/h1-7,9H,8H2,(H,17,18,19). The molecular formula is C15H11ClN2OS. The van der Waals surface area contributed by atoms with Crippen molar-refractivity contribution in [1.82, 2.24) is 4.98 Å². The van der Waals surface area contributed by atoms with Crippen molar-refractivity contribution in [3.05, 3.63) is 47.8 Å². The highest BCUT2D eigenvalue weighted by Gasteiger charge is 2.07. The number of carbonyl (C=O) groups is 1. The molecule has 20 heavy (non-hydrogen) atoms. The Morgan fingerprint density at radius 3 is 2.80 bits per heavy atom. The van der Waals surface area contributed by atoms with Crippen molar-refractivity contribution < 1.29 is 4.79 Å². The number of anilines is 1. The van der Waals surface area contributed by atoms with E-state index in [-0.39, 0.29) is 11.8 Å². The third-order valence-electron chi connectivity index (χ3n) is 2.92. The van der Waals surface area contributed by atoms with Gasteiger partial charge in [0.25, 0.3) is 0 Å². The van der Waals surface area contributed by atoms with Gasteiger partial charge in [-0.15, -0.1) is 22.9 Å². The second-order valence-electron chi connectivity index (χ2n) is 4.28. The molecule has 0 spiro atoms. The molecular weight excluding hydrogens is 292 g/mol. The Balaban J connectivity index is 1.92. The van der Waals surface area contributed by atoms with Gasteiger partial charge in [-0.2, -0.15) is 0 Å². The molecule has 3 rings (SSSR count). The van der Waals surface area contributed by atoms with Gasteiger partial charge >= 0.3 is 0 Å². The molecule has 2 aromatic carbocycles. The fraction of sp³-hybridized carbons (Fsp3) is 0.0667. The molecule has 0 aliphatic carbocycles. The quantitative estimate of drug-likeness (QED) is 0.739. The Morgan fingerprint density at radius 1 is 1.20 bits per heavy atom. The first-order chi connectivity index (χ1) is 9.76. The molecule has 0 saturated carbocycles. The number of halogens is 1. The van der Waals surface area contributed by atoms with Crippen molar-refractivity contribution in [3.63, 3.8) is 0 Å². The van der Waals surface area contributed by atoms with Gasteiger partial charge in [0.15, 0.2) is 5.13 Å². The molecule has 3 aromatic rings. The lowest BCUT2D eigenvalue weighted by atomic mass is 10.1. The number of rotatable bonds is 3. The topological polar surface area (TPSA) is 42.0 Å². The average molecular weight is 303 g/mol. The summed E-state index contributed by atoms with van der Waals surface area (Å²) in [6, 6.07) is 14.4. The van der Waals surface area contributed by atoms with Crippen LogP contribution in [0.15, 0.2) is 47.8 Å². The Kier molecular flexibility index (Phi) is 3.67. The van der Waals surface area contributed by atoms with Crippen molar-refractivity contribution in [3.8, 4) is 11.3 Å². The Hall–Kier alpha value is -1.91. The molecule has 0 saturated heterocycles. The number of benzene rings is 2. The second kappa shape index (κ2) is 5.61. The first-order valence-corrected chi connectivity index (χ1v) is 7.48. The molecule has 5 heteroatoms. The summed E-state index contributed by atoms with van der Waals surface area (Å²) in [5.74, 6) is -0.309. The van der Waals surface area contributed by atoms with Crippen LogP contribution in [0.3, 0.4) is 0 Å². The van der Waals surface area contributed by atoms with Crippen molar-refractivity contribution in [1.29, 1.82) is 0 Å². The molecule has 0 fully saturated rings. The molecule has 0 aliphatic rings. The molecule has 1 aromatic heterocycles. The summed E-state index contributed by atoms with van der Waals surface area (Å²) in [4.78, 5) is 15.6. The van der Waals surface area contributed by atoms with Crippen molar-refractivity contribution in [2.24, 2.45) is 0 Å². The number of hydrogen-bond donors (Lipinski definition) is 1. The fourth-order valence-electron chi connectivity index (χ4n) is 1.97. The highest BCUT2D eigenvalue weighted by molar-refractivity contribution is 7.14. The van der Waals surface area contributed by atoms with Crippen LogP contribution in [-0.4, -0.2) is 16.8 Å². The summed E-state index contributed by atoms with van der Waals surface area (Å²) in [5, 5.41) is 7.52. The highest BCUT2D eigenvalue weighted by Crippen LogP contribution is 2.27. The molecule has 0 atom stereocenters. The van der Waals surface area contributed by atoms with Gasteiger partial charge in [0.2, 0.25) is 5.91 Å². The van der Waals surface area contributed by atoms with E-state index in [1.165, 1.54) is 22.1 Å². The summed E-state index contributed by atoms with van der Waals surface area (Å²) in [7, 11) is 0. The van der Waals surface area contributed by atoms with Crippen LogP contribution >= 0.6 is 22.9 Å². The number of nitrogens with zero attached hydrogens (tertiary/aromatic N) is 1. The predicted molar refractivity (Wildman–Crippen MR) is 84.4 cm³/mol. The zero-order chi connectivity index (χ0) is 13.9. The van der Waals surface area contributed by atoms with Crippen LogP contribution in [0.2, 0.25) is 0 Å². The van der Waals surface area contributed by atoms with E-state index in [1.54, 1.807) is 0 Å². The summed E-state index contributed by atoms with van der Waals surface area (Å²) < 4.78 is 0. The number of hydrogen-bond acceptors (Lipinski definition) is 3. The van der Waals surface area contributed by atoms with E-state index >= 15 is 0 Å². The van der Waals surface area contributed by atoms with Gasteiger partial charge in [-0.05, 0) is 16.8 Å². The number of amides is 1. The maximum atomic E-state index is 11.2. The Bertz CT molecular complexity index is 769. The molecule has 0 bridgehead atoms. The van der Waals surface area contributed by atoms with Crippen LogP contribution in [-0.2, 0) is 4.79 Å². The average Bonchev–Trinajstić information content (AvgIpc) is 2.95. The van der Waals surface area contributed by atoms with Gasteiger partial charge in [0.05, 0.1) is 5.69 Å². The Labute approximate surface area is 125 Å². The first-order valence-electron chi connectivity index (χ1n) is 6.07. The summed E-state index contributed by atoms with van der Waals surface area (Å²) in [5.41, 5.74) is 1.89. The third kappa shape index (κ3) is 2.66. The number of fused-ring (bicyclic) bond motifs is 1. The molecule has 1 N–H and O–H groups in total. The zero-order valence-electron chi connectivity index (χ0n) is 10.5. The van der Waals surface area contributed by atoms with Gasteiger partial charge < -0.3 is 5.32 Å². The Morgan fingerprint density at radius 2 is 2.00 bits per heavy atom.